The average molecular weight is 371 g/mol. The lowest BCUT2D eigenvalue weighted by atomic mass is 10.0. The second-order valence-corrected chi connectivity index (χ2v) is 6.77. The highest BCUT2D eigenvalue weighted by atomic mass is 16.5. The largest absolute Gasteiger partial charge is 0.493 e. The topological polar surface area (TPSA) is 67.0 Å². The molecule has 0 saturated heterocycles. The number of hydrogen-bond acceptors (Lipinski definition) is 3. The fourth-order valence-corrected chi connectivity index (χ4v) is 3.64. The van der Waals surface area contributed by atoms with Crippen LogP contribution in [0, 0.1) is 11.3 Å². The molecule has 1 aliphatic heterocycles. The third-order valence-electron chi connectivity index (χ3n) is 4.97. The Bertz CT molecular complexity index is 1070. The Morgan fingerprint density at radius 2 is 2.07 bits per heavy atom. The van der Waals surface area contributed by atoms with Gasteiger partial charge in [-0.2, -0.15) is 5.26 Å². The Morgan fingerprint density at radius 1 is 1.25 bits per heavy atom. The van der Waals surface area contributed by atoms with Crippen LogP contribution in [0.1, 0.15) is 30.0 Å². The number of carbonyl (C=O) groups is 1. The Labute approximate surface area is 163 Å². The van der Waals surface area contributed by atoms with Gasteiger partial charge in [-0.05, 0) is 18.2 Å². The standard InChI is InChI=1S/C23H21N3O2/c24-13-5-14-26-16-17(18-6-1-3-8-21(18)26)10-11-23(27)25-20-12-15-28-22-9-4-2-7-19(20)22/h1-4,6-11,16,20H,5,12,14-15H2,(H,25,27)/b11-10+. The molecule has 1 unspecified atom stereocenters. The molecule has 0 radical (unpaired) electrons. The van der Waals surface area contributed by atoms with Crippen molar-refractivity contribution in [1.82, 2.24) is 9.88 Å². The summed E-state index contributed by atoms with van der Waals surface area (Å²) in [6.07, 6.45) is 6.62. The van der Waals surface area contributed by atoms with Gasteiger partial charge in [0.2, 0.25) is 5.91 Å². The highest BCUT2D eigenvalue weighted by molar-refractivity contribution is 5.96. The first-order valence-electron chi connectivity index (χ1n) is 9.41. The van der Waals surface area contributed by atoms with E-state index in [-0.39, 0.29) is 11.9 Å². The van der Waals surface area contributed by atoms with Gasteiger partial charge in [0.15, 0.2) is 0 Å². The van der Waals surface area contributed by atoms with Crippen molar-refractivity contribution in [3.63, 3.8) is 0 Å². The van der Waals surface area contributed by atoms with E-state index in [1.807, 2.05) is 60.8 Å². The van der Waals surface area contributed by atoms with Crippen LogP contribution in [0.5, 0.6) is 5.75 Å². The molecule has 5 nitrogen and oxygen atoms in total. The summed E-state index contributed by atoms with van der Waals surface area (Å²) in [5.74, 6) is 0.708. The lowest BCUT2D eigenvalue weighted by Crippen LogP contribution is -2.30. The number of carbonyl (C=O) groups excluding carboxylic acids is 1. The Kier molecular flexibility index (Phi) is 5.11. The minimum absolute atomic E-state index is 0.0425. The monoisotopic (exact) mass is 371 g/mol. The summed E-state index contributed by atoms with van der Waals surface area (Å²) < 4.78 is 7.71. The smallest absolute Gasteiger partial charge is 0.244 e. The molecular weight excluding hydrogens is 350 g/mol. The molecule has 28 heavy (non-hydrogen) atoms. The Morgan fingerprint density at radius 3 is 2.96 bits per heavy atom. The summed E-state index contributed by atoms with van der Waals surface area (Å²) in [6.45, 7) is 1.23. The van der Waals surface area contributed by atoms with E-state index >= 15 is 0 Å². The van der Waals surface area contributed by atoms with Gasteiger partial charge in [0, 0.05) is 47.3 Å². The first-order valence-corrected chi connectivity index (χ1v) is 9.41. The Balaban J connectivity index is 1.52. The molecule has 5 heteroatoms. The number of nitrogens with one attached hydrogen (secondary N) is 1. The van der Waals surface area contributed by atoms with Crippen LogP contribution in [0.2, 0.25) is 0 Å². The van der Waals surface area contributed by atoms with Gasteiger partial charge >= 0.3 is 0 Å². The zero-order valence-corrected chi connectivity index (χ0v) is 15.5. The number of amides is 1. The van der Waals surface area contributed by atoms with Crippen molar-refractivity contribution < 1.29 is 9.53 Å². The quantitative estimate of drug-likeness (QED) is 0.683. The molecule has 1 N–H and O–H groups in total. The van der Waals surface area contributed by atoms with E-state index in [1.54, 1.807) is 6.08 Å². The number of aromatic nitrogens is 1. The minimum Gasteiger partial charge on any atom is -0.493 e. The van der Waals surface area contributed by atoms with Crippen LogP contribution in [0.3, 0.4) is 0 Å². The second-order valence-electron chi connectivity index (χ2n) is 6.77. The van der Waals surface area contributed by atoms with Crippen molar-refractivity contribution >= 4 is 22.9 Å². The van der Waals surface area contributed by atoms with E-state index in [2.05, 4.69) is 16.0 Å². The number of nitrogens with zero attached hydrogens (tertiary/aromatic N) is 2. The van der Waals surface area contributed by atoms with Gasteiger partial charge < -0.3 is 14.6 Å². The number of para-hydroxylation sites is 2. The molecule has 0 spiro atoms. The fraction of sp³-hybridized carbons (Fsp3) is 0.217. The number of fused-ring (bicyclic) bond motifs is 2. The Hall–Kier alpha value is -3.52. The number of benzene rings is 2. The average Bonchev–Trinajstić information content (AvgIpc) is 3.09. The molecule has 1 atom stereocenters. The fourth-order valence-electron chi connectivity index (χ4n) is 3.64. The third kappa shape index (κ3) is 3.63. The van der Waals surface area contributed by atoms with Gasteiger partial charge in [-0.3, -0.25) is 4.79 Å². The van der Waals surface area contributed by atoms with E-state index in [0.717, 1.165) is 34.2 Å². The van der Waals surface area contributed by atoms with Crippen molar-refractivity contribution in [2.75, 3.05) is 6.61 Å². The van der Waals surface area contributed by atoms with Crippen molar-refractivity contribution in [3.8, 4) is 11.8 Å². The molecule has 1 aliphatic rings. The molecule has 3 aromatic rings. The van der Waals surface area contributed by atoms with Crippen LogP contribution < -0.4 is 10.1 Å². The number of hydrogen-bond donors (Lipinski definition) is 1. The first-order chi connectivity index (χ1) is 13.8. The van der Waals surface area contributed by atoms with Gasteiger partial charge in [0.1, 0.15) is 5.75 Å². The summed E-state index contributed by atoms with van der Waals surface area (Å²) in [4.78, 5) is 12.5. The maximum Gasteiger partial charge on any atom is 0.244 e. The molecule has 4 rings (SSSR count). The molecule has 0 fully saturated rings. The molecule has 1 aromatic heterocycles. The molecule has 0 saturated carbocycles. The molecule has 1 amide bonds. The molecular formula is C23H21N3O2. The molecule has 2 heterocycles. The summed E-state index contributed by atoms with van der Waals surface area (Å²) in [5.41, 5.74) is 3.05. The van der Waals surface area contributed by atoms with Crippen LogP contribution >= 0.6 is 0 Å². The van der Waals surface area contributed by atoms with Gasteiger partial charge in [0.25, 0.3) is 0 Å². The van der Waals surface area contributed by atoms with E-state index in [4.69, 9.17) is 10.00 Å². The van der Waals surface area contributed by atoms with Crippen LogP contribution in [0.4, 0.5) is 0 Å². The summed E-state index contributed by atoms with van der Waals surface area (Å²) >= 11 is 0. The zero-order chi connectivity index (χ0) is 19.3. The minimum atomic E-state index is -0.129. The summed E-state index contributed by atoms with van der Waals surface area (Å²) in [5, 5.41) is 13.0. The molecule has 0 bridgehead atoms. The SMILES string of the molecule is N#CCCn1cc(/C=C/C(=O)NC2CCOc3ccccc32)c2ccccc21. The predicted octanol–water partition coefficient (Wildman–Crippen LogP) is 4.21. The maximum atomic E-state index is 12.5. The van der Waals surface area contributed by atoms with E-state index in [1.165, 1.54) is 0 Å². The number of aryl methyl sites for hydroxylation is 1. The number of nitriles is 1. The number of rotatable bonds is 5. The van der Waals surface area contributed by atoms with Crippen LogP contribution in [-0.4, -0.2) is 17.1 Å². The van der Waals surface area contributed by atoms with E-state index < -0.39 is 0 Å². The highest BCUT2D eigenvalue weighted by Crippen LogP contribution is 2.31. The predicted molar refractivity (Wildman–Crippen MR) is 109 cm³/mol. The van der Waals surface area contributed by atoms with Gasteiger partial charge in [-0.1, -0.05) is 36.4 Å². The lowest BCUT2D eigenvalue weighted by molar-refractivity contribution is -0.117. The third-order valence-corrected chi connectivity index (χ3v) is 4.97. The summed E-state index contributed by atoms with van der Waals surface area (Å²) in [6, 6.07) is 18.0. The zero-order valence-electron chi connectivity index (χ0n) is 15.5. The van der Waals surface area contributed by atoms with Crippen LogP contribution in [0.15, 0.2) is 60.8 Å². The van der Waals surface area contributed by atoms with Gasteiger partial charge in [-0.25, -0.2) is 0 Å². The molecule has 140 valence electrons. The molecule has 2 aromatic carbocycles. The van der Waals surface area contributed by atoms with Crippen LogP contribution in [0.25, 0.3) is 17.0 Å². The van der Waals surface area contributed by atoms with E-state index in [9.17, 15) is 4.79 Å². The van der Waals surface area contributed by atoms with Gasteiger partial charge in [-0.15, -0.1) is 0 Å². The van der Waals surface area contributed by atoms with Crippen molar-refractivity contribution in [2.24, 2.45) is 0 Å². The van der Waals surface area contributed by atoms with Gasteiger partial charge in [0.05, 0.1) is 25.1 Å². The summed E-state index contributed by atoms with van der Waals surface area (Å²) in [7, 11) is 0. The van der Waals surface area contributed by atoms with E-state index in [0.29, 0.717) is 19.6 Å². The number of ether oxygens (including phenoxy) is 1. The van der Waals surface area contributed by atoms with Crippen LogP contribution in [-0.2, 0) is 11.3 Å². The lowest BCUT2D eigenvalue weighted by Gasteiger charge is -2.26. The first kappa shape index (κ1) is 17.9. The maximum absolute atomic E-state index is 12.5. The second kappa shape index (κ2) is 8.01. The van der Waals surface area contributed by atoms with Crippen molar-refractivity contribution in [1.29, 1.82) is 5.26 Å². The van der Waals surface area contributed by atoms with Crippen molar-refractivity contribution in [3.05, 3.63) is 71.9 Å². The molecule has 0 aliphatic carbocycles. The highest BCUT2D eigenvalue weighted by Gasteiger charge is 2.21. The van der Waals surface area contributed by atoms with Crippen molar-refractivity contribution in [2.45, 2.75) is 25.4 Å². The normalized spacial score (nSPS) is 15.8.